The first kappa shape index (κ1) is 17.5. The number of ether oxygens (including phenoxy) is 1. The maximum Gasteiger partial charge on any atom is 0.144 e. The molecule has 0 spiro atoms. The number of imidazole rings is 1. The van der Waals surface area contributed by atoms with E-state index in [4.69, 9.17) is 22.1 Å². The fourth-order valence-corrected chi connectivity index (χ4v) is 3.99. The van der Waals surface area contributed by atoms with E-state index in [0.29, 0.717) is 11.4 Å². The van der Waals surface area contributed by atoms with Crippen LogP contribution in [0.1, 0.15) is 5.56 Å². The van der Waals surface area contributed by atoms with Crippen molar-refractivity contribution in [1.82, 2.24) is 14.1 Å². The van der Waals surface area contributed by atoms with E-state index in [1.54, 1.807) is 7.11 Å². The van der Waals surface area contributed by atoms with Crippen molar-refractivity contribution >= 4 is 28.2 Å². The molecule has 6 heteroatoms. The number of halogens is 1. The quantitative estimate of drug-likeness (QED) is 0.519. The number of hydrogen-bond acceptors (Lipinski definition) is 3. The highest BCUT2D eigenvalue weighted by Gasteiger charge is 2.17. The molecule has 0 radical (unpaired) electrons. The molecule has 0 aliphatic heterocycles. The first-order valence-electron chi connectivity index (χ1n) is 8.61. The number of nitrogens with two attached hydrogens (primary N) is 1. The Balaban J connectivity index is 1.92. The Morgan fingerprint density at radius 1 is 1.07 bits per heavy atom. The van der Waals surface area contributed by atoms with Crippen LogP contribution in [0.5, 0.6) is 5.75 Å². The smallest absolute Gasteiger partial charge is 0.144 e. The van der Waals surface area contributed by atoms with Crippen LogP contribution in [0.15, 0.2) is 42.9 Å². The summed E-state index contributed by atoms with van der Waals surface area (Å²) in [6.45, 7) is 1.98. The summed E-state index contributed by atoms with van der Waals surface area (Å²) in [5.74, 6) is 0.703. The topological polar surface area (TPSA) is 58.0 Å². The van der Waals surface area contributed by atoms with Gasteiger partial charge in [0.25, 0.3) is 0 Å². The van der Waals surface area contributed by atoms with Gasteiger partial charge >= 0.3 is 0 Å². The summed E-state index contributed by atoms with van der Waals surface area (Å²) >= 11 is 6.41. The number of benzene rings is 2. The molecular formula is C21H21ClN4O. The van der Waals surface area contributed by atoms with E-state index in [0.717, 1.165) is 44.0 Å². The van der Waals surface area contributed by atoms with Gasteiger partial charge in [0.05, 0.1) is 35.5 Å². The van der Waals surface area contributed by atoms with Gasteiger partial charge in [0, 0.05) is 42.3 Å². The highest BCUT2D eigenvalue weighted by molar-refractivity contribution is 6.35. The standard InChI is InChI=1S/C21H21ClN4O/c1-12-7-14(9-17(23)21(12)27-4)19-20(26(3)11-24-19)13-5-6-18-15(8-13)16(22)10-25(18)2/h5-11H,23H2,1-4H3. The maximum atomic E-state index is 6.41. The summed E-state index contributed by atoms with van der Waals surface area (Å²) < 4.78 is 9.43. The van der Waals surface area contributed by atoms with Crippen LogP contribution in [-0.2, 0) is 14.1 Å². The van der Waals surface area contributed by atoms with Gasteiger partial charge in [-0.05, 0) is 36.8 Å². The summed E-state index contributed by atoms with van der Waals surface area (Å²) in [6.07, 6.45) is 3.74. The minimum Gasteiger partial charge on any atom is -0.494 e. The van der Waals surface area contributed by atoms with E-state index in [-0.39, 0.29) is 0 Å². The maximum absolute atomic E-state index is 6.41. The lowest BCUT2D eigenvalue weighted by Gasteiger charge is -2.12. The Hall–Kier alpha value is -2.92. The van der Waals surface area contributed by atoms with Gasteiger partial charge in [-0.2, -0.15) is 0 Å². The fourth-order valence-electron chi connectivity index (χ4n) is 3.69. The third kappa shape index (κ3) is 2.75. The molecule has 0 bridgehead atoms. The average molecular weight is 381 g/mol. The molecule has 5 nitrogen and oxygen atoms in total. The first-order chi connectivity index (χ1) is 12.9. The van der Waals surface area contributed by atoms with Crippen LogP contribution in [0.3, 0.4) is 0 Å². The van der Waals surface area contributed by atoms with E-state index in [1.165, 1.54) is 0 Å². The van der Waals surface area contributed by atoms with Crippen LogP contribution >= 0.6 is 11.6 Å². The van der Waals surface area contributed by atoms with Crippen molar-refractivity contribution in [2.75, 3.05) is 12.8 Å². The number of nitrogen functional groups attached to an aromatic ring is 1. The number of aromatic nitrogens is 3. The summed E-state index contributed by atoms with van der Waals surface area (Å²) in [4.78, 5) is 4.64. The van der Waals surface area contributed by atoms with Crippen molar-refractivity contribution in [2.45, 2.75) is 6.92 Å². The molecule has 2 N–H and O–H groups in total. The minimum absolute atomic E-state index is 0.602. The Morgan fingerprint density at radius 3 is 2.56 bits per heavy atom. The van der Waals surface area contributed by atoms with Gasteiger partial charge in [-0.1, -0.05) is 17.7 Å². The lowest BCUT2D eigenvalue weighted by atomic mass is 10.0. The zero-order valence-corrected chi connectivity index (χ0v) is 16.5. The van der Waals surface area contributed by atoms with E-state index in [1.807, 2.05) is 48.7 Å². The van der Waals surface area contributed by atoms with E-state index < -0.39 is 0 Å². The predicted octanol–water partition coefficient (Wildman–Crippen LogP) is 4.80. The zero-order valence-electron chi connectivity index (χ0n) is 15.7. The minimum atomic E-state index is 0.602. The normalized spacial score (nSPS) is 11.3. The number of methoxy groups -OCH3 is 1. The zero-order chi connectivity index (χ0) is 19.3. The Kier molecular flexibility index (Phi) is 4.12. The van der Waals surface area contributed by atoms with Crippen LogP contribution in [0.4, 0.5) is 5.69 Å². The Bertz CT molecular complexity index is 1150. The van der Waals surface area contributed by atoms with Crippen LogP contribution in [0, 0.1) is 6.92 Å². The molecular weight excluding hydrogens is 360 g/mol. The molecule has 0 aliphatic rings. The molecule has 0 saturated heterocycles. The van der Waals surface area contributed by atoms with Crippen LogP contribution in [0.25, 0.3) is 33.4 Å². The van der Waals surface area contributed by atoms with Crippen molar-refractivity contribution in [3.8, 4) is 28.3 Å². The highest BCUT2D eigenvalue weighted by atomic mass is 35.5. The molecule has 0 saturated carbocycles. The molecule has 0 fully saturated rings. The largest absolute Gasteiger partial charge is 0.494 e. The second-order valence-electron chi connectivity index (χ2n) is 6.79. The number of nitrogens with zero attached hydrogens (tertiary/aromatic N) is 3. The van der Waals surface area contributed by atoms with Crippen molar-refractivity contribution in [3.63, 3.8) is 0 Å². The van der Waals surface area contributed by atoms with Gasteiger partial charge in [0.1, 0.15) is 5.75 Å². The molecule has 138 valence electrons. The number of anilines is 1. The predicted molar refractivity (Wildman–Crippen MR) is 111 cm³/mol. The molecule has 0 amide bonds. The molecule has 4 aromatic rings. The molecule has 4 rings (SSSR count). The monoisotopic (exact) mass is 380 g/mol. The molecule has 0 atom stereocenters. The first-order valence-corrected chi connectivity index (χ1v) is 8.99. The molecule has 2 aromatic carbocycles. The van der Waals surface area contributed by atoms with Crippen molar-refractivity contribution in [2.24, 2.45) is 14.1 Å². The second-order valence-corrected chi connectivity index (χ2v) is 7.20. The van der Waals surface area contributed by atoms with Gasteiger partial charge in [0.2, 0.25) is 0 Å². The van der Waals surface area contributed by atoms with Crippen molar-refractivity contribution in [1.29, 1.82) is 0 Å². The van der Waals surface area contributed by atoms with E-state index in [9.17, 15) is 0 Å². The molecule has 0 unspecified atom stereocenters. The van der Waals surface area contributed by atoms with E-state index in [2.05, 4.69) is 29.2 Å². The summed E-state index contributed by atoms with van der Waals surface area (Å²) in [5.41, 5.74) is 12.8. The molecule has 0 aliphatic carbocycles. The fraction of sp³-hybridized carbons (Fsp3) is 0.190. The summed E-state index contributed by atoms with van der Waals surface area (Å²) in [6, 6.07) is 10.2. The third-order valence-electron chi connectivity index (χ3n) is 4.93. The molecule has 2 heterocycles. The van der Waals surface area contributed by atoms with Gasteiger partial charge in [-0.15, -0.1) is 0 Å². The average Bonchev–Trinajstić information content (AvgIpc) is 3.14. The molecule has 27 heavy (non-hydrogen) atoms. The number of rotatable bonds is 3. The lowest BCUT2D eigenvalue weighted by molar-refractivity contribution is 0.414. The van der Waals surface area contributed by atoms with Crippen LogP contribution < -0.4 is 10.5 Å². The third-order valence-corrected chi connectivity index (χ3v) is 5.23. The number of fused-ring (bicyclic) bond motifs is 1. The van der Waals surface area contributed by atoms with E-state index >= 15 is 0 Å². The summed E-state index contributed by atoms with van der Waals surface area (Å²) in [7, 11) is 5.61. The van der Waals surface area contributed by atoms with Crippen LogP contribution in [0.2, 0.25) is 5.02 Å². The Morgan fingerprint density at radius 2 is 1.85 bits per heavy atom. The van der Waals surface area contributed by atoms with Crippen LogP contribution in [-0.4, -0.2) is 21.2 Å². The SMILES string of the molecule is COc1c(C)cc(-c2ncn(C)c2-c2ccc3c(c2)c(Cl)cn3C)cc1N. The Labute approximate surface area is 163 Å². The lowest BCUT2D eigenvalue weighted by Crippen LogP contribution is -1.97. The van der Waals surface area contributed by atoms with Crippen molar-refractivity contribution < 1.29 is 4.74 Å². The number of aryl methyl sites for hydroxylation is 3. The van der Waals surface area contributed by atoms with Gasteiger partial charge in [0.15, 0.2) is 0 Å². The van der Waals surface area contributed by atoms with Gasteiger partial charge in [-0.3, -0.25) is 0 Å². The summed E-state index contributed by atoms with van der Waals surface area (Å²) in [5, 5.41) is 1.76. The second kappa shape index (κ2) is 6.35. The van der Waals surface area contributed by atoms with Gasteiger partial charge in [-0.25, -0.2) is 4.98 Å². The van der Waals surface area contributed by atoms with Gasteiger partial charge < -0.3 is 19.6 Å². The highest BCUT2D eigenvalue weighted by Crippen LogP contribution is 2.37. The number of hydrogen-bond donors (Lipinski definition) is 1. The molecule has 2 aromatic heterocycles. The van der Waals surface area contributed by atoms with Crippen molar-refractivity contribution in [3.05, 3.63) is 53.4 Å².